The molecule has 0 bridgehead atoms. The molecule has 0 aromatic carbocycles. The van der Waals surface area contributed by atoms with E-state index in [2.05, 4.69) is 26.1 Å². The van der Waals surface area contributed by atoms with Crippen LogP contribution in [0, 0.1) is 0 Å². The molecule has 1 N–H and O–H groups in total. The molecule has 0 aliphatic carbocycles. The van der Waals surface area contributed by atoms with Gasteiger partial charge < -0.3 is 14.5 Å². The maximum atomic E-state index is 5.58. The van der Waals surface area contributed by atoms with Crippen LogP contribution in [-0.4, -0.2) is 12.6 Å². The van der Waals surface area contributed by atoms with Crippen molar-refractivity contribution in [3.8, 4) is 0 Å². The zero-order valence-corrected chi connectivity index (χ0v) is 10.1. The van der Waals surface area contributed by atoms with Crippen LogP contribution in [0.3, 0.4) is 0 Å². The van der Waals surface area contributed by atoms with E-state index >= 15 is 0 Å². The van der Waals surface area contributed by atoms with Gasteiger partial charge >= 0.3 is 0 Å². The van der Waals surface area contributed by atoms with Gasteiger partial charge in [0.25, 0.3) is 0 Å². The first-order valence-electron chi connectivity index (χ1n) is 5.39. The van der Waals surface area contributed by atoms with Crippen molar-refractivity contribution in [2.75, 3.05) is 7.11 Å². The Morgan fingerprint density at radius 3 is 2.60 bits per heavy atom. The molecule has 0 radical (unpaired) electrons. The van der Waals surface area contributed by atoms with E-state index in [1.54, 1.807) is 7.11 Å². The van der Waals surface area contributed by atoms with E-state index in [0.717, 1.165) is 24.5 Å². The third-order valence-corrected chi connectivity index (χ3v) is 2.63. The van der Waals surface area contributed by atoms with Crippen molar-refractivity contribution >= 4 is 0 Å². The Morgan fingerprint density at radius 1 is 1.33 bits per heavy atom. The molecule has 0 aliphatic heterocycles. The van der Waals surface area contributed by atoms with Crippen LogP contribution in [0.2, 0.25) is 0 Å². The number of rotatable bonds is 6. The van der Waals surface area contributed by atoms with Crippen LogP contribution in [0.4, 0.5) is 0 Å². The highest BCUT2D eigenvalue weighted by Crippen LogP contribution is 2.12. The number of furan rings is 1. The Morgan fingerprint density at radius 2 is 2.00 bits per heavy atom. The topological polar surface area (TPSA) is 34.4 Å². The van der Waals surface area contributed by atoms with Crippen molar-refractivity contribution in [1.82, 2.24) is 5.32 Å². The van der Waals surface area contributed by atoms with Gasteiger partial charge in [0.1, 0.15) is 18.1 Å². The molecule has 0 unspecified atom stereocenters. The zero-order valence-electron chi connectivity index (χ0n) is 10.1. The molecular weight excluding hydrogens is 190 g/mol. The summed E-state index contributed by atoms with van der Waals surface area (Å²) in [5, 5.41) is 3.45. The molecule has 86 valence electrons. The fourth-order valence-electron chi connectivity index (χ4n) is 1.19. The second kappa shape index (κ2) is 5.33. The monoisotopic (exact) mass is 211 g/mol. The SMILES string of the molecule is CCC(C)(C)NCc1ccc(COC)o1. The Hall–Kier alpha value is -0.800. The van der Waals surface area contributed by atoms with Gasteiger partial charge in [0.2, 0.25) is 0 Å². The quantitative estimate of drug-likeness (QED) is 0.785. The first-order chi connectivity index (χ1) is 7.07. The van der Waals surface area contributed by atoms with Crippen molar-refractivity contribution in [3.63, 3.8) is 0 Å². The Kier molecular flexibility index (Phi) is 4.36. The lowest BCUT2D eigenvalue weighted by Gasteiger charge is -2.23. The van der Waals surface area contributed by atoms with Gasteiger partial charge in [-0.2, -0.15) is 0 Å². The number of nitrogens with one attached hydrogen (secondary N) is 1. The molecule has 1 aromatic heterocycles. The predicted octanol–water partition coefficient (Wildman–Crippen LogP) is 2.70. The number of hydrogen-bond donors (Lipinski definition) is 1. The second-order valence-corrected chi connectivity index (χ2v) is 4.39. The van der Waals surface area contributed by atoms with Gasteiger partial charge in [-0.15, -0.1) is 0 Å². The largest absolute Gasteiger partial charge is 0.462 e. The maximum absolute atomic E-state index is 5.58. The molecule has 0 fully saturated rings. The lowest BCUT2D eigenvalue weighted by atomic mass is 10.0. The Balaban J connectivity index is 2.44. The van der Waals surface area contributed by atoms with Crippen LogP contribution in [0.25, 0.3) is 0 Å². The summed E-state index contributed by atoms with van der Waals surface area (Å²) in [4.78, 5) is 0. The van der Waals surface area contributed by atoms with Crippen molar-refractivity contribution in [3.05, 3.63) is 23.7 Å². The van der Waals surface area contributed by atoms with Gasteiger partial charge in [0.15, 0.2) is 0 Å². The summed E-state index contributed by atoms with van der Waals surface area (Å²) in [6.45, 7) is 7.85. The molecule has 0 saturated heterocycles. The van der Waals surface area contributed by atoms with Gasteiger partial charge in [-0.1, -0.05) is 6.92 Å². The smallest absolute Gasteiger partial charge is 0.129 e. The molecule has 15 heavy (non-hydrogen) atoms. The molecule has 1 heterocycles. The minimum atomic E-state index is 0.161. The van der Waals surface area contributed by atoms with E-state index in [-0.39, 0.29) is 5.54 Å². The summed E-state index contributed by atoms with van der Waals surface area (Å²) in [5.74, 6) is 1.84. The van der Waals surface area contributed by atoms with Gasteiger partial charge in [-0.3, -0.25) is 0 Å². The summed E-state index contributed by atoms with van der Waals surface area (Å²) in [6.07, 6.45) is 1.10. The number of ether oxygens (including phenoxy) is 1. The third-order valence-electron chi connectivity index (χ3n) is 2.63. The molecular formula is C12H21NO2. The Bertz CT molecular complexity index is 292. The van der Waals surface area contributed by atoms with Crippen molar-refractivity contribution in [2.45, 2.75) is 45.9 Å². The highest BCUT2D eigenvalue weighted by Gasteiger charge is 2.14. The minimum Gasteiger partial charge on any atom is -0.462 e. The number of methoxy groups -OCH3 is 1. The van der Waals surface area contributed by atoms with E-state index < -0.39 is 0 Å². The van der Waals surface area contributed by atoms with Crippen molar-refractivity contribution < 1.29 is 9.15 Å². The second-order valence-electron chi connectivity index (χ2n) is 4.39. The van der Waals surface area contributed by atoms with E-state index in [9.17, 15) is 0 Å². The minimum absolute atomic E-state index is 0.161. The fourth-order valence-corrected chi connectivity index (χ4v) is 1.19. The van der Waals surface area contributed by atoms with Gasteiger partial charge in [0, 0.05) is 12.6 Å². The Labute approximate surface area is 91.8 Å². The predicted molar refractivity (Wildman–Crippen MR) is 60.6 cm³/mol. The van der Waals surface area contributed by atoms with Crippen LogP contribution in [0.15, 0.2) is 16.5 Å². The lowest BCUT2D eigenvalue weighted by Crippen LogP contribution is -2.37. The van der Waals surface area contributed by atoms with Crippen LogP contribution < -0.4 is 5.32 Å². The summed E-state index contributed by atoms with van der Waals surface area (Å²) >= 11 is 0. The third kappa shape index (κ3) is 4.06. The molecule has 0 amide bonds. The molecule has 1 rings (SSSR count). The molecule has 0 spiro atoms. The van der Waals surface area contributed by atoms with Gasteiger partial charge in [-0.05, 0) is 32.4 Å². The summed E-state index contributed by atoms with van der Waals surface area (Å²) < 4.78 is 10.6. The van der Waals surface area contributed by atoms with Gasteiger partial charge in [0.05, 0.1) is 6.54 Å². The van der Waals surface area contributed by atoms with Gasteiger partial charge in [-0.25, -0.2) is 0 Å². The fraction of sp³-hybridized carbons (Fsp3) is 0.667. The maximum Gasteiger partial charge on any atom is 0.129 e. The van der Waals surface area contributed by atoms with Crippen LogP contribution in [-0.2, 0) is 17.9 Å². The molecule has 3 nitrogen and oxygen atoms in total. The molecule has 0 atom stereocenters. The summed E-state index contributed by atoms with van der Waals surface area (Å²) in [7, 11) is 1.67. The first kappa shape index (κ1) is 12.3. The van der Waals surface area contributed by atoms with Crippen molar-refractivity contribution in [2.24, 2.45) is 0 Å². The van der Waals surface area contributed by atoms with E-state index in [4.69, 9.17) is 9.15 Å². The summed E-state index contributed by atoms with van der Waals surface area (Å²) in [6, 6.07) is 3.95. The highest BCUT2D eigenvalue weighted by atomic mass is 16.5. The standard InChI is InChI=1S/C12H21NO2/c1-5-12(2,3)13-8-10-6-7-11(15-10)9-14-4/h6-7,13H,5,8-9H2,1-4H3. The van der Waals surface area contributed by atoms with Crippen molar-refractivity contribution in [1.29, 1.82) is 0 Å². The highest BCUT2D eigenvalue weighted by molar-refractivity contribution is 5.06. The summed E-state index contributed by atoms with van der Waals surface area (Å²) in [5.41, 5.74) is 0.161. The average Bonchev–Trinajstić information content (AvgIpc) is 2.64. The molecule has 3 heteroatoms. The zero-order chi connectivity index (χ0) is 11.3. The first-order valence-corrected chi connectivity index (χ1v) is 5.39. The van der Waals surface area contributed by atoms with Crippen LogP contribution in [0.1, 0.15) is 38.7 Å². The van der Waals surface area contributed by atoms with Crippen LogP contribution >= 0.6 is 0 Å². The van der Waals surface area contributed by atoms with E-state index in [0.29, 0.717) is 6.61 Å². The molecule has 0 aliphatic rings. The van der Waals surface area contributed by atoms with Crippen LogP contribution in [0.5, 0.6) is 0 Å². The number of hydrogen-bond acceptors (Lipinski definition) is 3. The molecule has 0 saturated carbocycles. The molecule has 1 aromatic rings. The lowest BCUT2D eigenvalue weighted by molar-refractivity contribution is 0.162. The normalized spacial score (nSPS) is 12.0. The van der Waals surface area contributed by atoms with E-state index in [1.807, 2.05) is 12.1 Å². The average molecular weight is 211 g/mol. The van der Waals surface area contributed by atoms with E-state index in [1.165, 1.54) is 0 Å².